The van der Waals surface area contributed by atoms with Crippen LogP contribution in [0.25, 0.3) is 0 Å². The molecule has 220 valence electrons. The van der Waals surface area contributed by atoms with E-state index in [0.717, 1.165) is 74.3 Å². The van der Waals surface area contributed by atoms with Crippen LogP contribution in [0.5, 0.6) is 0 Å². The van der Waals surface area contributed by atoms with E-state index in [1.807, 2.05) is 24.3 Å². The van der Waals surface area contributed by atoms with E-state index in [1.54, 1.807) is 6.07 Å². The Hall–Kier alpha value is -3.92. The lowest BCUT2D eigenvalue weighted by molar-refractivity contribution is -0.136. The maximum Gasteiger partial charge on any atom is 0.262 e. The van der Waals surface area contributed by atoms with Gasteiger partial charge in [0.15, 0.2) is 0 Å². The maximum absolute atomic E-state index is 13.2. The Kier molecular flexibility index (Phi) is 6.68. The molecule has 4 fully saturated rings. The number of nitrogen functional groups attached to an aromatic ring is 1. The van der Waals surface area contributed by atoms with E-state index in [4.69, 9.17) is 5.73 Å². The van der Waals surface area contributed by atoms with Crippen molar-refractivity contribution in [3.63, 3.8) is 0 Å². The number of benzene rings is 2. The van der Waals surface area contributed by atoms with Crippen molar-refractivity contribution in [3.8, 4) is 0 Å². The number of nitrogens with zero attached hydrogens (tertiary/aromatic N) is 4. The Balaban J connectivity index is 0.905. The van der Waals surface area contributed by atoms with Crippen LogP contribution < -0.4 is 20.9 Å². The maximum atomic E-state index is 13.2. The van der Waals surface area contributed by atoms with E-state index >= 15 is 0 Å². The number of fused-ring (bicyclic) bond motifs is 1. The quantitative estimate of drug-likeness (QED) is 0.416. The summed E-state index contributed by atoms with van der Waals surface area (Å²) in [5.41, 5.74) is 9.96. The van der Waals surface area contributed by atoms with Gasteiger partial charge in [0, 0.05) is 69.3 Å². The lowest BCUT2D eigenvalue weighted by Gasteiger charge is -2.54. The summed E-state index contributed by atoms with van der Waals surface area (Å²) in [5.74, 6) is -1.09. The molecule has 1 aliphatic carbocycles. The van der Waals surface area contributed by atoms with Crippen LogP contribution in [0.3, 0.4) is 0 Å². The number of hydrogen-bond acceptors (Lipinski definition) is 8. The number of nitrogens with one attached hydrogen (secondary N) is 1. The molecule has 4 aliphatic heterocycles. The van der Waals surface area contributed by atoms with Gasteiger partial charge in [-0.1, -0.05) is 0 Å². The average Bonchev–Trinajstić information content (AvgIpc) is 3.22. The molecule has 4 heterocycles. The van der Waals surface area contributed by atoms with Gasteiger partial charge in [-0.25, -0.2) is 0 Å². The van der Waals surface area contributed by atoms with Crippen molar-refractivity contribution >= 4 is 40.7 Å². The zero-order chi connectivity index (χ0) is 29.0. The Labute approximate surface area is 245 Å². The number of hydrogen-bond donors (Lipinski definition) is 2. The first-order chi connectivity index (χ1) is 20.3. The summed E-state index contributed by atoms with van der Waals surface area (Å²) in [5, 5.41) is 2.25. The lowest BCUT2D eigenvalue weighted by Crippen LogP contribution is -2.54. The highest BCUT2D eigenvalue weighted by Crippen LogP contribution is 2.53. The predicted octanol–water partition coefficient (Wildman–Crippen LogP) is 2.49. The molecule has 7 rings (SSSR count). The summed E-state index contributed by atoms with van der Waals surface area (Å²) >= 11 is 0. The largest absolute Gasteiger partial charge is 0.399 e. The molecular weight excluding hydrogens is 532 g/mol. The number of nitrogens with two attached hydrogens (primary N) is 1. The Morgan fingerprint density at radius 2 is 1.43 bits per heavy atom. The molecule has 10 heteroatoms. The van der Waals surface area contributed by atoms with Crippen LogP contribution in [0.1, 0.15) is 59.2 Å². The fourth-order valence-corrected chi connectivity index (χ4v) is 7.84. The number of piperazine rings is 1. The third-order valence-electron chi connectivity index (χ3n) is 10.2. The summed E-state index contributed by atoms with van der Waals surface area (Å²) in [6.07, 6.45) is 5.14. The van der Waals surface area contributed by atoms with E-state index in [0.29, 0.717) is 16.5 Å². The fourth-order valence-electron chi connectivity index (χ4n) is 7.84. The average molecular weight is 571 g/mol. The Bertz CT molecular complexity index is 1420. The van der Waals surface area contributed by atoms with Crippen molar-refractivity contribution < 1.29 is 19.2 Å². The molecule has 2 aromatic rings. The first kappa shape index (κ1) is 26.9. The van der Waals surface area contributed by atoms with Crippen LogP contribution in [0.2, 0.25) is 0 Å². The fraction of sp³-hybridized carbons (Fsp3) is 0.500. The van der Waals surface area contributed by atoms with Gasteiger partial charge in [-0.2, -0.15) is 0 Å². The zero-order valence-electron chi connectivity index (χ0n) is 23.9. The number of carbonyl (C=O) groups excluding carboxylic acids is 4. The van der Waals surface area contributed by atoms with Gasteiger partial charge in [0.25, 0.3) is 11.8 Å². The molecular formula is C32H38N6O4. The summed E-state index contributed by atoms with van der Waals surface area (Å²) < 4.78 is 0. The van der Waals surface area contributed by atoms with E-state index in [-0.39, 0.29) is 18.7 Å². The smallest absolute Gasteiger partial charge is 0.262 e. The molecule has 1 saturated carbocycles. The number of anilines is 3. The zero-order valence-corrected chi connectivity index (χ0v) is 23.9. The minimum Gasteiger partial charge on any atom is -0.399 e. The third-order valence-corrected chi connectivity index (χ3v) is 10.2. The minimum atomic E-state index is -0.937. The first-order valence-corrected chi connectivity index (χ1v) is 15.2. The van der Waals surface area contributed by atoms with Crippen molar-refractivity contribution in [1.29, 1.82) is 0 Å². The van der Waals surface area contributed by atoms with Crippen LogP contribution >= 0.6 is 0 Å². The van der Waals surface area contributed by atoms with Crippen molar-refractivity contribution in [1.82, 2.24) is 15.1 Å². The normalized spacial score (nSPS) is 24.7. The molecule has 0 bridgehead atoms. The van der Waals surface area contributed by atoms with Crippen molar-refractivity contribution in [2.24, 2.45) is 11.3 Å². The van der Waals surface area contributed by atoms with Gasteiger partial charge in [-0.3, -0.25) is 34.3 Å². The highest BCUT2D eigenvalue weighted by molar-refractivity contribution is 6.23. The lowest BCUT2D eigenvalue weighted by atomic mass is 9.57. The van der Waals surface area contributed by atoms with Gasteiger partial charge in [-0.15, -0.1) is 0 Å². The van der Waals surface area contributed by atoms with E-state index in [9.17, 15) is 19.2 Å². The van der Waals surface area contributed by atoms with Crippen LogP contribution in [0, 0.1) is 11.3 Å². The van der Waals surface area contributed by atoms with Crippen molar-refractivity contribution in [3.05, 3.63) is 53.6 Å². The molecule has 3 N–H and O–H groups in total. The molecule has 10 nitrogen and oxygen atoms in total. The Morgan fingerprint density at radius 3 is 2.12 bits per heavy atom. The molecule has 4 amide bonds. The van der Waals surface area contributed by atoms with Gasteiger partial charge in [0.1, 0.15) is 6.04 Å². The third kappa shape index (κ3) is 4.81. The second-order valence-electron chi connectivity index (χ2n) is 12.8. The summed E-state index contributed by atoms with van der Waals surface area (Å²) in [7, 11) is 0. The molecule has 5 aliphatic rings. The standard InChI is InChI=1S/C32H38N6O4/c33-22-1-3-23(4-2-22)37-15-13-35(14-16-37)20-21-18-32(19-21)9-11-36(12-10-32)24-5-6-25-26(17-24)31(42)38(30(25)41)27-7-8-28(39)34-29(27)40/h1-6,17,21,27H,7-16,18-20,33H2,(H,34,39,40). The topological polar surface area (TPSA) is 119 Å². The van der Waals surface area contributed by atoms with Crippen molar-refractivity contribution in [2.45, 2.75) is 44.6 Å². The van der Waals surface area contributed by atoms with E-state index < -0.39 is 23.8 Å². The summed E-state index contributed by atoms with van der Waals surface area (Å²) in [4.78, 5) is 58.6. The van der Waals surface area contributed by atoms with E-state index in [1.165, 1.54) is 25.1 Å². The molecule has 2 aromatic carbocycles. The van der Waals surface area contributed by atoms with Crippen LogP contribution in [0.15, 0.2) is 42.5 Å². The highest BCUT2D eigenvalue weighted by Gasteiger charge is 2.47. The molecule has 3 saturated heterocycles. The van der Waals surface area contributed by atoms with Crippen LogP contribution in [-0.2, 0) is 9.59 Å². The number of carbonyl (C=O) groups is 4. The Morgan fingerprint density at radius 1 is 0.786 bits per heavy atom. The molecule has 1 unspecified atom stereocenters. The SMILES string of the molecule is Nc1ccc(N2CCN(CC3CC4(CCN(c5ccc6c(c5)C(=O)N(C5CCC(=O)NC5=O)C6=O)CC4)C3)CC2)cc1. The molecule has 0 radical (unpaired) electrons. The second-order valence-corrected chi connectivity index (χ2v) is 12.8. The highest BCUT2D eigenvalue weighted by atomic mass is 16.2. The predicted molar refractivity (Wildman–Crippen MR) is 159 cm³/mol. The number of rotatable bonds is 5. The van der Waals surface area contributed by atoms with Crippen molar-refractivity contribution in [2.75, 3.05) is 61.3 Å². The first-order valence-electron chi connectivity index (χ1n) is 15.2. The van der Waals surface area contributed by atoms with Crippen LogP contribution in [0.4, 0.5) is 17.1 Å². The van der Waals surface area contributed by atoms with Gasteiger partial charge in [0.2, 0.25) is 11.8 Å². The summed E-state index contributed by atoms with van der Waals surface area (Å²) in [6, 6.07) is 12.7. The second kappa shape index (κ2) is 10.4. The summed E-state index contributed by atoms with van der Waals surface area (Å²) in [6.45, 7) is 7.36. The van der Waals surface area contributed by atoms with Crippen LogP contribution in [-0.4, -0.2) is 85.3 Å². The molecule has 0 aromatic heterocycles. The van der Waals surface area contributed by atoms with Gasteiger partial charge >= 0.3 is 0 Å². The molecule has 42 heavy (non-hydrogen) atoms. The minimum absolute atomic E-state index is 0.118. The van der Waals surface area contributed by atoms with Gasteiger partial charge in [0.05, 0.1) is 11.1 Å². The number of piperidine rings is 2. The number of amides is 4. The van der Waals surface area contributed by atoms with Gasteiger partial charge < -0.3 is 15.5 Å². The number of imide groups is 2. The van der Waals surface area contributed by atoms with E-state index in [2.05, 4.69) is 32.1 Å². The molecule has 1 atom stereocenters. The molecule has 1 spiro atoms. The van der Waals surface area contributed by atoms with Gasteiger partial charge in [-0.05, 0) is 85.9 Å². The monoisotopic (exact) mass is 570 g/mol.